The summed E-state index contributed by atoms with van der Waals surface area (Å²) in [7, 11) is 0. The molecular formula is C77H55N5O. The average Bonchev–Trinajstić information content (AvgIpc) is 4.20. The van der Waals surface area contributed by atoms with Crippen LogP contribution >= 0.6 is 0 Å². The van der Waals surface area contributed by atoms with E-state index in [1.54, 1.807) is 6.07 Å². The quantitative estimate of drug-likeness (QED) is 0.0958. The van der Waals surface area contributed by atoms with Crippen LogP contribution in [0, 0.1) is 17.7 Å². The summed E-state index contributed by atoms with van der Waals surface area (Å²) < 4.78 is 13.4. The van der Waals surface area contributed by atoms with Gasteiger partial charge in [-0.05, 0) is 163 Å². The van der Waals surface area contributed by atoms with E-state index in [1.165, 1.54) is 5.56 Å². The lowest BCUT2D eigenvalue weighted by molar-refractivity contribution is -0.571. The zero-order valence-corrected chi connectivity index (χ0v) is 46.2. The molecule has 83 heavy (non-hydrogen) atoms. The van der Waals surface area contributed by atoms with Crippen LogP contribution in [0.25, 0.3) is 117 Å². The van der Waals surface area contributed by atoms with Crippen LogP contribution < -0.4 is 9.30 Å². The number of nitrogens with zero attached hydrogens (tertiary/aromatic N) is 5. The van der Waals surface area contributed by atoms with Gasteiger partial charge in [-0.1, -0.05) is 203 Å². The number of benzene rings is 11. The van der Waals surface area contributed by atoms with Crippen molar-refractivity contribution < 1.29 is 9.30 Å². The van der Waals surface area contributed by atoms with Crippen LogP contribution in [0.1, 0.15) is 31.9 Å². The normalized spacial score (nSPS) is 11.5. The van der Waals surface area contributed by atoms with E-state index in [-0.39, 0.29) is 5.41 Å². The van der Waals surface area contributed by atoms with E-state index < -0.39 is 0 Å². The van der Waals surface area contributed by atoms with Gasteiger partial charge < -0.3 is 4.74 Å². The van der Waals surface area contributed by atoms with E-state index in [2.05, 4.69) is 296 Å². The number of imidazole rings is 1. The molecule has 0 amide bonds. The number of nitriles is 1. The number of ether oxygens (including phenoxy) is 1. The summed E-state index contributed by atoms with van der Waals surface area (Å²) in [6.45, 7) is 6.66. The lowest BCUT2D eigenvalue weighted by Gasteiger charge is -2.20. The van der Waals surface area contributed by atoms with Crippen molar-refractivity contribution in [1.82, 2.24) is 14.1 Å². The minimum Gasteiger partial charge on any atom is -0.458 e. The molecule has 0 N–H and O–H groups in total. The Morgan fingerprint density at radius 3 is 1.49 bits per heavy atom. The number of aromatic nitrogens is 4. The zero-order chi connectivity index (χ0) is 56.0. The Hall–Kier alpha value is -10.9. The maximum atomic E-state index is 10.8. The van der Waals surface area contributed by atoms with Crippen molar-refractivity contribution in [1.29, 1.82) is 5.26 Å². The Bertz CT molecular complexity index is 4540. The summed E-state index contributed by atoms with van der Waals surface area (Å²) in [6.07, 6.45) is 5.80. The Kier molecular flexibility index (Phi) is 12.7. The van der Waals surface area contributed by atoms with Gasteiger partial charge in [0.25, 0.3) is 6.33 Å². The third-order valence-corrected chi connectivity index (χ3v) is 15.7. The molecule has 394 valence electrons. The summed E-state index contributed by atoms with van der Waals surface area (Å²) in [5, 5.41) is 13.0. The summed E-state index contributed by atoms with van der Waals surface area (Å²) in [6, 6.07) is 98.5. The Morgan fingerprint density at radius 2 is 0.940 bits per heavy atom. The fraction of sp³-hybridized carbons (Fsp3) is 0.0519. The first-order chi connectivity index (χ1) is 40.7. The highest BCUT2D eigenvalue weighted by atomic mass is 16.5. The second-order valence-electron chi connectivity index (χ2n) is 22.1. The predicted molar refractivity (Wildman–Crippen MR) is 338 cm³/mol. The first-order valence-corrected chi connectivity index (χ1v) is 28.1. The van der Waals surface area contributed by atoms with Gasteiger partial charge in [-0.3, -0.25) is 13.7 Å². The highest BCUT2D eigenvalue weighted by molar-refractivity contribution is 6.09. The van der Waals surface area contributed by atoms with Crippen LogP contribution in [0.15, 0.2) is 279 Å². The largest absolute Gasteiger partial charge is 0.458 e. The van der Waals surface area contributed by atoms with Gasteiger partial charge in [-0.25, -0.2) is 4.98 Å². The highest BCUT2D eigenvalue weighted by Crippen LogP contribution is 2.42. The monoisotopic (exact) mass is 1070 g/mol. The van der Waals surface area contributed by atoms with Crippen molar-refractivity contribution in [3.8, 4) is 102 Å². The molecule has 0 saturated carbocycles. The average molecular weight is 1070 g/mol. The fourth-order valence-electron chi connectivity index (χ4n) is 11.7. The van der Waals surface area contributed by atoms with Gasteiger partial charge in [0.1, 0.15) is 17.3 Å². The van der Waals surface area contributed by atoms with E-state index in [9.17, 15) is 5.26 Å². The van der Waals surface area contributed by atoms with Crippen molar-refractivity contribution in [2.45, 2.75) is 26.2 Å². The molecule has 14 rings (SSSR count). The fourth-order valence-corrected chi connectivity index (χ4v) is 11.7. The van der Waals surface area contributed by atoms with Gasteiger partial charge in [0.15, 0.2) is 0 Å². The molecule has 0 atom stereocenters. The molecule has 3 heterocycles. The minimum absolute atomic E-state index is 0.0657. The van der Waals surface area contributed by atoms with Gasteiger partial charge >= 0.3 is 0 Å². The molecule has 6 nitrogen and oxygen atoms in total. The molecule has 3 aromatic heterocycles. The molecule has 6 heteroatoms. The number of pyridine rings is 1. The minimum atomic E-state index is -0.0657. The first-order valence-electron chi connectivity index (χ1n) is 28.1. The standard InChI is InChI=1S/C77H55N5O/c1-77(2,3)63-37-38-79-75(47-63)82-71-32-17-16-29-69(71)70-36-35-65(49-74(70)82)83-66-40-52(50-78)39-64(48-66)80-51-81(73-34-19-18-33-72(73)80)76-67(61-43-57(53-21-8-4-9-22-53)41-58(44-61)54-23-10-5-11-24-54)30-20-31-68(76)62-45-59(55-25-12-6-13-26-55)42-60(46-62)56-27-14-7-15-28-56/h4-49H,1-3H3. The number of rotatable bonds is 11. The van der Waals surface area contributed by atoms with Crippen LogP contribution in [0.4, 0.5) is 0 Å². The number of hydrogen-bond acceptors (Lipinski definition) is 3. The molecule has 0 aliphatic rings. The molecule has 0 unspecified atom stereocenters. The molecule has 0 bridgehead atoms. The lowest BCUT2D eigenvalue weighted by Crippen LogP contribution is -2.31. The van der Waals surface area contributed by atoms with Gasteiger partial charge in [0, 0.05) is 23.0 Å². The van der Waals surface area contributed by atoms with Crippen molar-refractivity contribution >= 4 is 32.8 Å². The van der Waals surface area contributed by atoms with E-state index in [0.717, 1.165) is 117 Å². The van der Waals surface area contributed by atoms with Gasteiger partial charge in [0.2, 0.25) is 0 Å². The molecule has 0 aliphatic heterocycles. The molecule has 14 aromatic rings. The molecule has 0 fully saturated rings. The number of para-hydroxylation sites is 4. The van der Waals surface area contributed by atoms with Gasteiger partial charge in [-0.2, -0.15) is 5.26 Å². The SMILES string of the molecule is CC(C)(C)c1ccnc(-n2c3ccccc3c3ccc(Oc4cc(C#N)cc(-n5[c-][n+](-c6c(-c7cc(-c8ccccc8)cc(-c8ccccc8)c7)cccc6-c6cc(-c7ccccc7)cc(-c7ccccc7)c6)c6ccccc65)c4)cc32)c1. The summed E-state index contributed by atoms with van der Waals surface area (Å²) in [5.74, 6) is 1.98. The van der Waals surface area contributed by atoms with Crippen molar-refractivity contribution in [2.75, 3.05) is 0 Å². The number of fused-ring (bicyclic) bond motifs is 4. The maximum absolute atomic E-state index is 10.8. The van der Waals surface area contributed by atoms with Crippen LogP contribution in [0.3, 0.4) is 0 Å². The van der Waals surface area contributed by atoms with Crippen molar-refractivity contribution in [2.24, 2.45) is 0 Å². The predicted octanol–water partition coefficient (Wildman–Crippen LogP) is 19.2. The summed E-state index contributed by atoms with van der Waals surface area (Å²) >= 11 is 0. The first kappa shape index (κ1) is 50.4. The summed E-state index contributed by atoms with van der Waals surface area (Å²) in [4.78, 5) is 4.91. The van der Waals surface area contributed by atoms with E-state index in [4.69, 9.17) is 9.72 Å². The molecule has 0 aliphatic carbocycles. The smallest absolute Gasteiger partial charge is 0.269 e. The van der Waals surface area contributed by atoms with Crippen molar-refractivity contribution in [3.63, 3.8) is 0 Å². The van der Waals surface area contributed by atoms with E-state index >= 15 is 0 Å². The summed E-state index contributed by atoms with van der Waals surface area (Å²) in [5.41, 5.74) is 20.2. The third-order valence-electron chi connectivity index (χ3n) is 15.7. The molecule has 0 saturated heterocycles. The van der Waals surface area contributed by atoms with Crippen LogP contribution in [-0.2, 0) is 5.41 Å². The Morgan fingerprint density at radius 1 is 0.434 bits per heavy atom. The van der Waals surface area contributed by atoms with E-state index in [1.807, 2.05) is 24.4 Å². The zero-order valence-electron chi connectivity index (χ0n) is 46.2. The van der Waals surface area contributed by atoms with E-state index in [0.29, 0.717) is 17.1 Å². The second-order valence-corrected chi connectivity index (χ2v) is 22.1. The Balaban J connectivity index is 0.969. The lowest BCUT2D eigenvalue weighted by atomic mass is 9.88. The molecule has 0 spiro atoms. The molecule has 0 radical (unpaired) electrons. The molecule has 11 aromatic carbocycles. The van der Waals surface area contributed by atoms with Crippen LogP contribution in [-0.4, -0.2) is 14.1 Å². The Labute approximate surface area is 483 Å². The molecular weight excluding hydrogens is 1010 g/mol. The maximum Gasteiger partial charge on any atom is 0.269 e. The van der Waals surface area contributed by atoms with Crippen molar-refractivity contribution in [3.05, 3.63) is 297 Å². The number of hydrogen-bond donors (Lipinski definition) is 0. The van der Waals surface area contributed by atoms with Gasteiger partial charge in [0.05, 0.1) is 45.1 Å². The topological polar surface area (TPSA) is 59.7 Å². The second kappa shape index (κ2) is 21.0. The third kappa shape index (κ3) is 9.60. The highest BCUT2D eigenvalue weighted by Gasteiger charge is 2.24. The van der Waals surface area contributed by atoms with Crippen LogP contribution in [0.5, 0.6) is 11.5 Å². The van der Waals surface area contributed by atoms with Crippen LogP contribution in [0.2, 0.25) is 0 Å². The van der Waals surface area contributed by atoms with Gasteiger partial charge in [-0.15, -0.1) is 0 Å².